The zero-order valence-corrected chi connectivity index (χ0v) is 15.9. The van der Waals surface area contributed by atoms with Gasteiger partial charge in [-0.3, -0.25) is 4.79 Å². The van der Waals surface area contributed by atoms with Gasteiger partial charge in [-0.1, -0.05) is 24.3 Å². The van der Waals surface area contributed by atoms with Gasteiger partial charge >= 0.3 is 0 Å². The molecule has 1 saturated heterocycles. The lowest BCUT2D eigenvalue weighted by Gasteiger charge is -2.28. The molecule has 0 spiro atoms. The first kappa shape index (κ1) is 18.1. The number of piperidine rings is 1. The van der Waals surface area contributed by atoms with Gasteiger partial charge in [0.25, 0.3) is 5.91 Å². The van der Waals surface area contributed by atoms with Gasteiger partial charge < -0.3 is 10.2 Å². The highest BCUT2D eigenvalue weighted by Crippen LogP contribution is 2.30. The third kappa shape index (κ3) is 4.51. The van der Waals surface area contributed by atoms with E-state index in [4.69, 9.17) is 4.98 Å². The van der Waals surface area contributed by atoms with Crippen LogP contribution in [0.1, 0.15) is 29.3 Å². The second-order valence-electron chi connectivity index (χ2n) is 7.14. The van der Waals surface area contributed by atoms with Gasteiger partial charge in [-0.2, -0.15) is 0 Å². The normalized spacial score (nSPS) is 19.9. The van der Waals surface area contributed by atoms with Gasteiger partial charge in [0.05, 0.1) is 29.2 Å². The molecule has 1 aliphatic rings. The fourth-order valence-electron chi connectivity index (χ4n) is 3.68. The van der Waals surface area contributed by atoms with Crippen molar-refractivity contribution >= 4 is 27.5 Å². The summed E-state index contributed by atoms with van der Waals surface area (Å²) in [6, 6.07) is 14.5. The van der Waals surface area contributed by atoms with Gasteiger partial charge in [0.15, 0.2) is 6.54 Å². The van der Waals surface area contributed by atoms with Crippen LogP contribution in [0.15, 0.2) is 48.5 Å². The first-order valence-electron chi connectivity index (χ1n) is 9.37. The third-order valence-electron chi connectivity index (χ3n) is 5.09. The lowest BCUT2D eigenvalue weighted by atomic mass is 9.99. The van der Waals surface area contributed by atoms with Gasteiger partial charge in [0.1, 0.15) is 10.8 Å². The molecular weight excluding hydrogens is 361 g/mol. The summed E-state index contributed by atoms with van der Waals surface area (Å²) in [5, 5.41) is 4.14. The Kier molecular flexibility index (Phi) is 5.45. The lowest BCUT2D eigenvalue weighted by Crippen LogP contribution is -3.14. The molecule has 1 unspecified atom stereocenters. The summed E-state index contributed by atoms with van der Waals surface area (Å²) in [5.41, 5.74) is 1.98. The molecular formula is C21H23FN3OS+. The molecule has 140 valence electrons. The minimum absolute atomic E-state index is 0.0410. The first-order chi connectivity index (χ1) is 13.2. The maximum atomic E-state index is 12.9. The number of amides is 1. The summed E-state index contributed by atoms with van der Waals surface area (Å²) < 4.78 is 14.2. The number of rotatable bonds is 5. The molecule has 0 bridgehead atoms. The van der Waals surface area contributed by atoms with Gasteiger partial charge in [-0.15, -0.1) is 11.3 Å². The minimum atomic E-state index is -0.260. The molecule has 4 nitrogen and oxygen atoms in total. The standard InChI is InChI=1S/C21H22FN3OS/c22-17-9-7-15(8-10-17)12-23-20(26)14-25-11-3-4-16(13-25)21-24-18-5-1-2-6-19(18)27-21/h1-2,5-10,16H,3-4,11-14H2,(H,23,26)/p+1/t16-/m1/s1. The third-order valence-corrected chi connectivity index (χ3v) is 6.29. The van der Waals surface area contributed by atoms with E-state index < -0.39 is 0 Å². The molecule has 2 aromatic carbocycles. The number of hydrogen-bond donors (Lipinski definition) is 2. The topological polar surface area (TPSA) is 46.4 Å². The Bertz CT molecular complexity index is 892. The van der Waals surface area contributed by atoms with Crippen molar-refractivity contribution in [2.45, 2.75) is 25.3 Å². The van der Waals surface area contributed by atoms with Crippen LogP contribution in [-0.4, -0.2) is 30.5 Å². The SMILES string of the molecule is O=C(C[NH+]1CCC[C@@H](c2nc3ccccc3s2)C1)NCc1ccc(F)cc1. The van der Waals surface area contributed by atoms with Crippen LogP contribution < -0.4 is 10.2 Å². The minimum Gasteiger partial charge on any atom is -0.347 e. The van der Waals surface area contributed by atoms with Crippen LogP contribution >= 0.6 is 11.3 Å². The van der Waals surface area contributed by atoms with Crippen LogP contribution in [0.4, 0.5) is 4.39 Å². The van der Waals surface area contributed by atoms with Crippen LogP contribution in [0, 0.1) is 5.82 Å². The Morgan fingerprint density at radius 3 is 2.85 bits per heavy atom. The lowest BCUT2D eigenvalue weighted by molar-refractivity contribution is -0.898. The monoisotopic (exact) mass is 384 g/mol. The number of carbonyl (C=O) groups excluding carboxylic acids is 1. The fourth-order valence-corrected chi connectivity index (χ4v) is 4.78. The highest BCUT2D eigenvalue weighted by atomic mass is 32.1. The van der Waals surface area contributed by atoms with E-state index in [-0.39, 0.29) is 11.7 Å². The molecule has 1 amide bonds. The van der Waals surface area contributed by atoms with Crippen LogP contribution in [0.5, 0.6) is 0 Å². The van der Waals surface area contributed by atoms with E-state index >= 15 is 0 Å². The van der Waals surface area contributed by atoms with E-state index in [0.29, 0.717) is 19.0 Å². The molecule has 0 aliphatic carbocycles. The average Bonchev–Trinajstić information content (AvgIpc) is 3.12. The van der Waals surface area contributed by atoms with Crippen LogP contribution in [0.3, 0.4) is 0 Å². The van der Waals surface area contributed by atoms with Gasteiger partial charge in [0, 0.05) is 6.54 Å². The molecule has 2 N–H and O–H groups in total. The largest absolute Gasteiger partial charge is 0.347 e. The Hall–Kier alpha value is -2.31. The highest BCUT2D eigenvalue weighted by Gasteiger charge is 2.28. The smallest absolute Gasteiger partial charge is 0.275 e. The maximum absolute atomic E-state index is 12.9. The number of aromatic nitrogens is 1. The number of nitrogens with zero attached hydrogens (tertiary/aromatic N) is 1. The molecule has 6 heteroatoms. The van der Waals surface area contributed by atoms with E-state index in [1.54, 1.807) is 23.5 Å². The maximum Gasteiger partial charge on any atom is 0.275 e. The highest BCUT2D eigenvalue weighted by molar-refractivity contribution is 7.18. The van der Waals surface area contributed by atoms with Crippen LogP contribution in [-0.2, 0) is 11.3 Å². The van der Waals surface area contributed by atoms with E-state index in [2.05, 4.69) is 17.4 Å². The van der Waals surface area contributed by atoms with Gasteiger partial charge in [0.2, 0.25) is 0 Å². The summed E-state index contributed by atoms with van der Waals surface area (Å²) in [6.07, 6.45) is 2.25. The predicted molar refractivity (Wildman–Crippen MR) is 105 cm³/mol. The van der Waals surface area contributed by atoms with Crippen LogP contribution in [0.2, 0.25) is 0 Å². The number of nitrogens with one attached hydrogen (secondary N) is 2. The van der Waals surface area contributed by atoms with Gasteiger partial charge in [-0.05, 0) is 42.7 Å². The van der Waals surface area contributed by atoms with Crippen molar-refractivity contribution < 1.29 is 14.1 Å². The quantitative estimate of drug-likeness (QED) is 0.710. The molecule has 0 radical (unpaired) electrons. The number of benzene rings is 2. The number of quaternary nitrogens is 1. The van der Waals surface area contributed by atoms with Crippen molar-refractivity contribution in [3.05, 3.63) is 64.9 Å². The number of carbonyl (C=O) groups is 1. The summed E-state index contributed by atoms with van der Waals surface area (Å²) in [6.45, 7) is 2.88. The number of thiazole rings is 1. The van der Waals surface area contributed by atoms with Crippen LogP contribution in [0.25, 0.3) is 10.2 Å². The fraction of sp³-hybridized carbons (Fsp3) is 0.333. The van der Waals surface area contributed by atoms with Crippen molar-refractivity contribution in [1.29, 1.82) is 0 Å². The number of hydrogen-bond acceptors (Lipinski definition) is 3. The zero-order chi connectivity index (χ0) is 18.6. The molecule has 4 rings (SSSR count). The van der Waals surface area contributed by atoms with Gasteiger partial charge in [-0.25, -0.2) is 9.37 Å². The summed E-state index contributed by atoms with van der Waals surface area (Å²) in [5.74, 6) is 0.207. The summed E-state index contributed by atoms with van der Waals surface area (Å²) >= 11 is 1.78. The average molecular weight is 385 g/mol. The van der Waals surface area contributed by atoms with E-state index in [9.17, 15) is 9.18 Å². The number of para-hydroxylation sites is 1. The zero-order valence-electron chi connectivity index (χ0n) is 15.1. The van der Waals surface area contributed by atoms with Crippen molar-refractivity contribution in [1.82, 2.24) is 10.3 Å². The van der Waals surface area contributed by atoms with Crippen molar-refractivity contribution in [2.24, 2.45) is 0 Å². The predicted octanol–water partition coefficient (Wildman–Crippen LogP) is 2.51. The second-order valence-corrected chi connectivity index (χ2v) is 8.21. The van der Waals surface area contributed by atoms with Crippen molar-refractivity contribution in [2.75, 3.05) is 19.6 Å². The molecule has 2 heterocycles. The van der Waals surface area contributed by atoms with Crippen molar-refractivity contribution in [3.8, 4) is 0 Å². The first-order valence-corrected chi connectivity index (χ1v) is 10.2. The van der Waals surface area contributed by atoms with E-state index in [1.165, 1.54) is 26.7 Å². The number of halogens is 1. The summed E-state index contributed by atoms with van der Waals surface area (Å²) in [7, 11) is 0. The molecule has 2 atom stereocenters. The van der Waals surface area contributed by atoms with E-state index in [0.717, 1.165) is 37.0 Å². The number of fused-ring (bicyclic) bond motifs is 1. The Morgan fingerprint density at radius 1 is 1.22 bits per heavy atom. The summed E-state index contributed by atoms with van der Waals surface area (Å²) in [4.78, 5) is 18.4. The molecule has 0 saturated carbocycles. The molecule has 3 aromatic rings. The molecule has 1 aliphatic heterocycles. The van der Waals surface area contributed by atoms with Crippen molar-refractivity contribution in [3.63, 3.8) is 0 Å². The molecule has 27 heavy (non-hydrogen) atoms. The Morgan fingerprint density at radius 2 is 2.04 bits per heavy atom. The molecule has 1 fully saturated rings. The number of likely N-dealkylation sites (tertiary alicyclic amines) is 1. The van der Waals surface area contributed by atoms with E-state index in [1.807, 2.05) is 12.1 Å². The Balaban J connectivity index is 1.32. The molecule has 1 aromatic heterocycles. The Labute approximate surface area is 162 Å². The second kappa shape index (κ2) is 8.15.